The second-order valence-electron chi connectivity index (χ2n) is 4.68. The van der Waals surface area contributed by atoms with Crippen molar-refractivity contribution in [3.8, 4) is 0 Å². The molecule has 0 amide bonds. The Hall–Kier alpha value is -1.42. The van der Waals surface area contributed by atoms with E-state index in [1.54, 1.807) is 0 Å². The standard InChI is InChI=1S/C13H19N3O/c1-9-6-13(11-4-3-5-11)15-16(9)10(2)12(7-14)8-17/h6,8,11H,3-5,7,14H2,1-2H3. The molecule has 0 unspecified atom stereocenters. The van der Waals surface area contributed by atoms with E-state index in [-0.39, 0.29) is 6.54 Å². The molecule has 1 heterocycles. The van der Waals surface area contributed by atoms with Crippen molar-refractivity contribution in [2.75, 3.05) is 6.54 Å². The van der Waals surface area contributed by atoms with E-state index in [0.29, 0.717) is 11.5 Å². The van der Waals surface area contributed by atoms with Gasteiger partial charge in [0, 0.05) is 29.4 Å². The van der Waals surface area contributed by atoms with Gasteiger partial charge in [-0.15, -0.1) is 0 Å². The van der Waals surface area contributed by atoms with Crippen LogP contribution in [0.4, 0.5) is 0 Å². The Bertz CT molecular complexity index is 455. The molecule has 1 aliphatic rings. The number of hydrogen-bond donors (Lipinski definition) is 1. The molecule has 0 spiro atoms. The van der Waals surface area contributed by atoms with Gasteiger partial charge in [-0.1, -0.05) is 6.42 Å². The largest absolute Gasteiger partial charge is 0.326 e. The smallest absolute Gasteiger partial charge is 0.149 e. The number of carbonyl (C=O) groups excluding carboxylic acids is 1. The van der Waals surface area contributed by atoms with Crippen LogP contribution in [0.25, 0.3) is 5.70 Å². The molecule has 17 heavy (non-hydrogen) atoms. The first-order chi connectivity index (χ1) is 8.17. The number of aldehydes is 1. The van der Waals surface area contributed by atoms with Crippen molar-refractivity contribution in [1.29, 1.82) is 0 Å². The van der Waals surface area contributed by atoms with Gasteiger partial charge in [-0.25, -0.2) is 4.68 Å². The van der Waals surface area contributed by atoms with Crippen molar-refractivity contribution in [2.45, 2.75) is 39.0 Å². The normalized spacial score (nSPS) is 17.6. The summed E-state index contributed by atoms with van der Waals surface area (Å²) in [6.07, 6.45) is 4.58. The first-order valence-electron chi connectivity index (χ1n) is 6.09. The topological polar surface area (TPSA) is 60.9 Å². The summed E-state index contributed by atoms with van der Waals surface area (Å²) in [6.45, 7) is 4.16. The molecule has 0 bridgehead atoms. The van der Waals surface area contributed by atoms with Crippen LogP contribution in [-0.4, -0.2) is 22.6 Å². The third-order valence-corrected chi connectivity index (χ3v) is 3.57. The van der Waals surface area contributed by atoms with Gasteiger partial charge in [0.05, 0.1) is 5.69 Å². The van der Waals surface area contributed by atoms with E-state index in [0.717, 1.165) is 23.4 Å². The third kappa shape index (κ3) is 2.17. The fraction of sp³-hybridized carbons (Fsp3) is 0.538. The number of nitrogens with zero attached hydrogens (tertiary/aromatic N) is 2. The van der Waals surface area contributed by atoms with Crippen LogP contribution in [-0.2, 0) is 4.79 Å². The fourth-order valence-corrected chi connectivity index (χ4v) is 2.16. The molecule has 2 rings (SSSR count). The summed E-state index contributed by atoms with van der Waals surface area (Å²) >= 11 is 0. The van der Waals surface area contributed by atoms with Gasteiger partial charge >= 0.3 is 0 Å². The molecule has 4 nitrogen and oxygen atoms in total. The van der Waals surface area contributed by atoms with E-state index in [9.17, 15) is 4.79 Å². The zero-order valence-corrected chi connectivity index (χ0v) is 10.4. The summed E-state index contributed by atoms with van der Waals surface area (Å²) in [5.74, 6) is 0.611. The maximum Gasteiger partial charge on any atom is 0.149 e. The van der Waals surface area contributed by atoms with Gasteiger partial charge in [0.25, 0.3) is 0 Å². The molecule has 1 saturated carbocycles. The average molecular weight is 233 g/mol. The second-order valence-corrected chi connectivity index (χ2v) is 4.68. The Morgan fingerprint density at radius 1 is 1.65 bits per heavy atom. The van der Waals surface area contributed by atoms with E-state index >= 15 is 0 Å². The molecule has 1 aromatic heterocycles. The molecule has 0 radical (unpaired) electrons. The highest BCUT2D eigenvalue weighted by Gasteiger charge is 2.23. The SMILES string of the molecule is CC(=C(C=O)CN)n1nc(C2CCC2)cc1C. The van der Waals surface area contributed by atoms with Crippen LogP contribution in [0.1, 0.15) is 43.5 Å². The molecule has 1 aliphatic carbocycles. The Kier molecular flexibility index (Phi) is 3.43. The van der Waals surface area contributed by atoms with Crippen LogP contribution in [0, 0.1) is 6.92 Å². The summed E-state index contributed by atoms with van der Waals surface area (Å²) < 4.78 is 1.84. The van der Waals surface area contributed by atoms with E-state index in [4.69, 9.17) is 5.73 Å². The van der Waals surface area contributed by atoms with Gasteiger partial charge in [-0.3, -0.25) is 4.79 Å². The van der Waals surface area contributed by atoms with Gasteiger partial charge < -0.3 is 5.73 Å². The summed E-state index contributed by atoms with van der Waals surface area (Å²) in [7, 11) is 0. The van der Waals surface area contributed by atoms with Gasteiger partial charge in [-0.2, -0.15) is 5.10 Å². The monoisotopic (exact) mass is 233 g/mol. The third-order valence-electron chi connectivity index (χ3n) is 3.57. The van der Waals surface area contributed by atoms with Crippen molar-refractivity contribution in [1.82, 2.24) is 9.78 Å². The maximum absolute atomic E-state index is 10.9. The summed E-state index contributed by atoms with van der Waals surface area (Å²) in [4.78, 5) is 10.9. The molecule has 0 aromatic carbocycles. The van der Waals surface area contributed by atoms with Gasteiger partial charge in [-0.05, 0) is 32.8 Å². The molecule has 1 fully saturated rings. The highest BCUT2D eigenvalue weighted by molar-refractivity contribution is 5.82. The number of nitrogens with two attached hydrogens (primary N) is 1. The van der Waals surface area contributed by atoms with E-state index in [1.807, 2.05) is 18.5 Å². The van der Waals surface area contributed by atoms with Crippen LogP contribution >= 0.6 is 0 Å². The lowest BCUT2D eigenvalue weighted by Crippen LogP contribution is -2.12. The predicted molar refractivity (Wildman–Crippen MR) is 67.6 cm³/mol. The van der Waals surface area contributed by atoms with Gasteiger partial charge in [0.1, 0.15) is 6.29 Å². The molecule has 0 atom stereocenters. The van der Waals surface area contributed by atoms with Crippen molar-refractivity contribution in [3.05, 3.63) is 23.0 Å². The first-order valence-corrected chi connectivity index (χ1v) is 6.09. The zero-order chi connectivity index (χ0) is 12.4. The van der Waals surface area contributed by atoms with E-state index in [2.05, 4.69) is 11.2 Å². The first kappa shape index (κ1) is 12.0. The predicted octanol–water partition coefficient (Wildman–Crippen LogP) is 1.85. The zero-order valence-electron chi connectivity index (χ0n) is 10.4. The highest BCUT2D eigenvalue weighted by Crippen LogP contribution is 2.36. The molecular formula is C13H19N3O. The number of aromatic nitrogens is 2. The fourth-order valence-electron chi connectivity index (χ4n) is 2.16. The molecule has 1 aromatic rings. The number of allylic oxidation sites excluding steroid dienone is 1. The lowest BCUT2D eigenvalue weighted by atomic mass is 9.83. The minimum atomic E-state index is 0.257. The molecule has 2 N–H and O–H groups in total. The van der Waals surface area contributed by atoms with Gasteiger partial charge in [0.2, 0.25) is 0 Å². The van der Waals surface area contributed by atoms with Crippen LogP contribution in [0.15, 0.2) is 11.6 Å². The molecule has 4 heteroatoms. The van der Waals surface area contributed by atoms with E-state index in [1.165, 1.54) is 19.3 Å². The molecule has 0 saturated heterocycles. The Morgan fingerprint density at radius 3 is 2.82 bits per heavy atom. The maximum atomic E-state index is 10.9. The molecular weight excluding hydrogens is 214 g/mol. The number of hydrogen-bond acceptors (Lipinski definition) is 3. The van der Waals surface area contributed by atoms with E-state index < -0.39 is 0 Å². The average Bonchev–Trinajstić information content (AvgIpc) is 2.59. The van der Waals surface area contributed by atoms with Crippen molar-refractivity contribution in [2.24, 2.45) is 5.73 Å². The number of carbonyl (C=O) groups is 1. The van der Waals surface area contributed by atoms with Crippen molar-refractivity contribution in [3.63, 3.8) is 0 Å². The van der Waals surface area contributed by atoms with Crippen LogP contribution in [0.3, 0.4) is 0 Å². The quantitative estimate of drug-likeness (QED) is 0.637. The second kappa shape index (κ2) is 4.84. The Balaban J connectivity index is 2.34. The minimum absolute atomic E-state index is 0.257. The Labute approximate surface area is 101 Å². The molecule has 0 aliphatic heterocycles. The van der Waals surface area contributed by atoms with Crippen LogP contribution in [0.5, 0.6) is 0 Å². The lowest BCUT2D eigenvalue weighted by molar-refractivity contribution is -0.104. The Morgan fingerprint density at radius 2 is 2.35 bits per heavy atom. The molecule has 92 valence electrons. The lowest BCUT2D eigenvalue weighted by Gasteiger charge is -2.22. The summed E-state index contributed by atoms with van der Waals surface area (Å²) in [5, 5.41) is 4.59. The number of aryl methyl sites for hydroxylation is 1. The van der Waals surface area contributed by atoms with Crippen molar-refractivity contribution < 1.29 is 4.79 Å². The minimum Gasteiger partial charge on any atom is -0.326 e. The number of rotatable bonds is 4. The highest BCUT2D eigenvalue weighted by atomic mass is 16.1. The summed E-state index contributed by atoms with van der Waals surface area (Å²) in [5.41, 5.74) is 9.21. The van der Waals surface area contributed by atoms with Gasteiger partial charge in [0.15, 0.2) is 0 Å². The van der Waals surface area contributed by atoms with Crippen LogP contribution in [0.2, 0.25) is 0 Å². The summed E-state index contributed by atoms with van der Waals surface area (Å²) in [6, 6.07) is 2.12. The van der Waals surface area contributed by atoms with Crippen LogP contribution < -0.4 is 5.73 Å². The van der Waals surface area contributed by atoms with Crippen molar-refractivity contribution >= 4 is 12.0 Å².